The molecule has 0 spiro atoms. The van der Waals surface area contributed by atoms with Gasteiger partial charge in [-0.2, -0.15) is 13.2 Å². The number of alkyl halides is 3. The van der Waals surface area contributed by atoms with Crippen LogP contribution in [0.5, 0.6) is 0 Å². The minimum absolute atomic E-state index is 0.0229. The summed E-state index contributed by atoms with van der Waals surface area (Å²) < 4.78 is 43.8. The van der Waals surface area contributed by atoms with E-state index in [1.54, 1.807) is 0 Å². The van der Waals surface area contributed by atoms with Crippen molar-refractivity contribution in [3.63, 3.8) is 0 Å². The SMILES string of the molecule is CC(C)c1cn(CCN2C=CCC2)c(C2CCN(c3ncnc4c3[C@H](C(F)(F)F)CC(=O)N4)CC2)n1. The molecule has 1 N–H and O–H groups in total. The van der Waals surface area contributed by atoms with Gasteiger partial charge in [-0.1, -0.05) is 19.9 Å². The summed E-state index contributed by atoms with van der Waals surface area (Å²) in [6, 6.07) is 0. The molecule has 5 rings (SSSR count). The van der Waals surface area contributed by atoms with Gasteiger partial charge < -0.3 is 19.7 Å². The summed E-state index contributed by atoms with van der Waals surface area (Å²) in [4.78, 5) is 29.3. The second-order valence-electron chi connectivity index (χ2n) is 10.1. The highest BCUT2D eigenvalue weighted by Gasteiger charge is 2.48. The van der Waals surface area contributed by atoms with Crippen molar-refractivity contribution >= 4 is 17.5 Å². The fourth-order valence-electron chi connectivity index (χ4n) is 5.35. The third-order valence-corrected chi connectivity index (χ3v) is 7.36. The zero-order valence-electron chi connectivity index (χ0n) is 20.6. The highest BCUT2D eigenvalue weighted by Crippen LogP contribution is 2.46. The van der Waals surface area contributed by atoms with Crippen LogP contribution in [0.2, 0.25) is 0 Å². The van der Waals surface area contributed by atoms with Crippen LogP contribution in [-0.4, -0.2) is 62.7 Å². The van der Waals surface area contributed by atoms with Gasteiger partial charge in [0, 0.05) is 51.3 Å². The molecule has 2 aromatic heterocycles. The predicted octanol–water partition coefficient (Wildman–Crippen LogP) is 4.39. The van der Waals surface area contributed by atoms with Gasteiger partial charge in [0.25, 0.3) is 0 Å². The number of carbonyl (C=O) groups excluding carboxylic acids is 1. The van der Waals surface area contributed by atoms with E-state index in [2.05, 4.69) is 57.1 Å². The largest absolute Gasteiger partial charge is 0.396 e. The molecular formula is C25H32F3N7O. The monoisotopic (exact) mass is 503 g/mol. The minimum atomic E-state index is -4.55. The highest BCUT2D eigenvalue weighted by molar-refractivity contribution is 5.94. The molecule has 0 aromatic carbocycles. The van der Waals surface area contributed by atoms with Crippen molar-refractivity contribution in [2.45, 2.75) is 70.0 Å². The van der Waals surface area contributed by atoms with E-state index in [4.69, 9.17) is 4.98 Å². The molecule has 0 bridgehead atoms. The summed E-state index contributed by atoms with van der Waals surface area (Å²) in [5.74, 6) is -0.738. The van der Waals surface area contributed by atoms with Crippen LogP contribution in [0.15, 0.2) is 24.8 Å². The summed E-state index contributed by atoms with van der Waals surface area (Å²) in [5.41, 5.74) is 1.04. The first-order valence-corrected chi connectivity index (χ1v) is 12.6. The Morgan fingerprint density at radius 1 is 1.14 bits per heavy atom. The third-order valence-electron chi connectivity index (χ3n) is 7.36. The van der Waals surface area contributed by atoms with Crippen molar-refractivity contribution in [1.29, 1.82) is 0 Å². The maximum Gasteiger partial charge on any atom is 0.396 e. The predicted molar refractivity (Wildman–Crippen MR) is 130 cm³/mol. The van der Waals surface area contributed by atoms with Gasteiger partial charge in [-0.25, -0.2) is 15.0 Å². The van der Waals surface area contributed by atoms with E-state index in [0.29, 0.717) is 19.0 Å². The summed E-state index contributed by atoms with van der Waals surface area (Å²) >= 11 is 0. The Kier molecular flexibility index (Phi) is 6.65. The third kappa shape index (κ3) is 4.92. The number of hydrogen-bond donors (Lipinski definition) is 1. The molecule has 3 aliphatic rings. The van der Waals surface area contributed by atoms with E-state index in [1.165, 1.54) is 6.33 Å². The molecule has 11 heteroatoms. The normalized spacial score (nSPS) is 20.8. The highest BCUT2D eigenvalue weighted by atomic mass is 19.4. The number of hydrogen-bond acceptors (Lipinski definition) is 6. The smallest absolute Gasteiger partial charge is 0.376 e. The van der Waals surface area contributed by atoms with Gasteiger partial charge in [0.15, 0.2) is 0 Å². The molecule has 0 saturated carbocycles. The van der Waals surface area contributed by atoms with Gasteiger partial charge in [-0.3, -0.25) is 4.79 Å². The molecule has 2 aromatic rings. The topological polar surface area (TPSA) is 79.2 Å². The Morgan fingerprint density at radius 2 is 1.92 bits per heavy atom. The van der Waals surface area contributed by atoms with Gasteiger partial charge >= 0.3 is 6.18 Å². The summed E-state index contributed by atoms with van der Waals surface area (Å²) in [5, 5.41) is 2.50. The first kappa shape index (κ1) is 24.6. The molecule has 194 valence electrons. The Labute approximate surface area is 208 Å². The van der Waals surface area contributed by atoms with Crippen molar-refractivity contribution < 1.29 is 18.0 Å². The molecule has 3 aliphatic heterocycles. The molecule has 36 heavy (non-hydrogen) atoms. The van der Waals surface area contributed by atoms with Crippen LogP contribution in [0, 0.1) is 0 Å². The number of nitrogens with one attached hydrogen (secondary N) is 1. The summed E-state index contributed by atoms with van der Waals surface area (Å²) in [7, 11) is 0. The number of halogens is 3. The van der Waals surface area contributed by atoms with Gasteiger partial charge in [-0.15, -0.1) is 0 Å². The number of carbonyl (C=O) groups is 1. The maximum atomic E-state index is 13.8. The standard InChI is InChI=1S/C25H32F3N7O/c1-16(2)19-14-35(12-11-33-7-3-4-8-33)23(31-19)17-5-9-34(10-6-17)24-21-18(25(26,27)28)13-20(36)32-22(21)29-15-30-24/h3,7,14-18H,4-6,8-13H2,1-2H3,(H,29,30,32,36)/t18-/m1/s1. The number of nitrogens with zero attached hydrogens (tertiary/aromatic N) is 6. The lowest BCUT2D eigenvalue weighted by atomic mass is 9.90. The lowest BCUT2D eigenvalue weighted by molar-refractivity contribution is -0.156. The van der Waals surface area contributed by atoms with Crippen LogP contribution < -0.4 is 10.2 Å². The molecule has 1 fully saturated rings. The van der Waals surface area contributed by atoms with E-state index >= 15 is 0 Å². The lowest BCUT2D eigenvalue weighted by Crippen LogP contribution is -2.38. The average molecular weight is 504 g/mol. The van der Waals surface area contributed by atoms with Gasteiger partial charge in [0.05, 0.1) is 17.2 Å². The van der Waals surface area contributed by atoms with Crippen molar-refractivity contribution in [3.05, 3.63) is 41.9 Å². The Balaban J connectivity index is 1.34. The Bertz CT molecular complexity index is 1140. The van der Waals surface area contributed by atoms with Crippen molar-refractivity contribution in [2.75, 3.05) is 36.4 Å². The first-order valence-electron chi connectivity index (χ1n) is 12.6. The van der Waals surface area contributed by atoms with Crippen LogP contribution in [0.1, 0.15) is 74.4 Å². The molecule has 1 amide bonds. The number of piperidine rings is 1. The second-order valence-corrected chi connectivity index (χ2v) is 10.1. The second kappa shape index (κ2) is 9.74. The molecule has 0 aliphatic carbocycles. The summed E-state index contributed by atoms with van der Waals surface area (Å²) in [6.07, 6.45) is 5.14. The molecular weight excluding hydrogens is 471 g/mol. The number of aromatic nitrogens is 4. The Hall–Kier alpha value is -3.11. The lowest BCUT2D eigenvalue weighted by Gasteiger charge is -2.36. The van der Waals surface area contributed by atoms with Crippen molar-refractivity contribution in [2.24, 2.45) is 0 Å². The van der Waals surface area contributed by atoms with Crippen LogP contribution >= 0.6 is 0 Å². The fourth-order valence-corrected chi connectivity index (χ4v) is 5.35. The van der Waals surface area contributed by atoms with Gasteiger partial charge in [-0.05, 0) is 31.4 Å². The quantitative estimate of drug-likeness (QED) is 0.630. The van der Waals surface area contributed by atoms with E-state index in [-0.39, 0.29) is 23.1 Å². The first-order chi connectivity index (χ1) is 17.2. The van der Waals surface area contributed by atoms with E-state index < -0.39 is 24.4 Å². The molecule has 0 unspecified atom stereocenters. The Morgan fingerprint density at radius 3 is 2.58 bits per heavy atom. The molecule has 1 atom stereocenters. The zero-order chi connectivity index (χ0) is 25.4. The van der Waals surface area contributed by atoms with Crippen LogP contribution in [0.3, 0.4) is 0 Å². The number of anilines is 2. The zero-order valence-corrected chi connectivity index (χ0v) is 20.6. The maximum absolute atomic E-state index is 13.8. The van der Waals surface area contributed by atoms with Crippen LogP contribution in [0.25, 0.3) is 0 Å². The van der Waals surface area contributed by atoms with Crippen LogP contribution in [-0.2, 0) is 11.3 Å². The van der Waals surface area contributed by atoms with Crippen LogP contribution in [0.4, 0.5) is 24.8 Å². The van der Waals surface area contributed by atoms with Gasteiger partial charge in [0.2, 0.25) is 5.91 Å². The van der Waals surface area contributed by atoms with E-state index in [9.17, 15) is 18.0 Å². The van der Waals surface area contributed by atoms with Gasteiger partial charge in [0.1, 0.15) is 23.8 Å². The van der Waals surface area contributed by atoms with E-state index in [0.717, 1.165) is 50.4 Å². The molecule has 1 saturated heterocycles. The molecule has 5 heterocycles. The minimum Gasteiger partial charge on any atom is -0.376 e. The fraction of sp³-hybridized carbons (Fsp3) is 0.600. The number of fused-ring (bicyclic) bond motifs is 1. The number of amides is 1. The number of rotatable bonds is 6. The van der Waals surface area contributed by atoms with Crippen molar-refractivity contribution in [3.8, 4) is 0 Å². The van der Waals surface area contributed by atoms with Crippen molar-refractivity contribution in [1.82, 2.24) is 24.4 Å². The molecule has 8 nitrogen and oxygen atoms in total. The summed E-state index contributed by atoms with van der Waals surface area (Å²) in [6.45, 7) is 8.21. The molecule has 0 radical (unpaired) electrons. The average Bonchev–Trinajstić information content (AvgIpc) is 3.51. The number of imidazole rings is 1. The van der Waals surface area contributed by atoms with E-state index in [1.807, 2.05) is 4.90 Å².